The lowest BCUT2D eigenvalue weighted by Gasteiger charge is -2.21. The molecule has 0 aromatic heterocycles. The van der Waals surface area contributed by atoms with Crippen molar-refractivity contribution in [3.8, 4) is 0 Å². The smallest absolute Gasteiger partial charge is 0.0510 e. The molecule has 2 rings (SSSR count). The minimum Gasteiger partial charge on any atom is -0.381 e. The molecule has 2 unspecified atom stereocenters. The van der Waals surface area contributed by atoms with Crippen molar-refractivity contribution in [3.05, 3.63) is 35.4 Å². The van der Waals surface area contributed by atoms with Gasteiger partial charge in [-0.15, -0.1) is 0 Å². The molecule has 18 heavy (non-hydrogen) atoms. The zero-order chi connectivity index (χ0) is 12.8. The maximum absolute atomic E-state index is 5.47. The normalized spacial score (nSPS) is 21.1. The number of rotatable bonds is 6. The van der Waals surface area contributed by atoms with E-state index >= 15 is 0 Å². The van der Waals surface area contributed by atoms with Gasteiger partial charge >= 0.3 is 0 Å². The van der Waals surface area contributed by atoms with Crippen molar-refractivity contribution < 1.29 is 4.74 Å². The highest BCUT2D eigenvalue weighted by molar-refractivity contribution is 7.98. The second-order valence-electron chi connectivity index (χ2n) is 5.02. The van der Waals surface area contributed by atoms with Gasteiger partial charge in [0.1, 0.15) is 0 Å². The van der Waals surface area contributed by atoms with E-state index in [2.05, 4.69) is 43.6 Å². The summed E-state index contributed by atoms with van der Waals surface area (Å²) in [5, 5.41) is 3.44. The second kappa shape index (κ2) is 7.17. The molecule has 1 N–H and O–H groups in total. The Morgan fingerprint density at radius 3 is 3.06 bits per heavy atom. The molecule has 3 heteroatoms. The van der Waals surface area contributed by atoms with Crippen molar-refractivity contribution in [1.82, 2.24) is 5.32 Å². The highest BCUT2D eigenvalue weighted by atomic mass is 32.2. The van der Waals surface area contributed by atoms with Crippen molar-refractivity contribution in [2.75, 3.05) is 26.0 Å². The fourth-order valence-electron chi connectivity index (χ4n) is 2.43. The van der Waals surface area contributed by atoms with Crippen LogP contribution in [0, 0.1) is 12.8 Å². The van der Waals surface area contributed by atoms with Gasteiger partial charge in [-0.25, -0.2) is 0 Å². The average Bonchev–Trinajstić information content (AvgIpc) is 2.88. The molecular formula is C15H23NOS. The Bertz CT molecular complexity index is 363. The molecule has 0 amide bonds. The van der Waals surface area contributed by atoms with Gasteiger partial charge in [-0.05, 0) is 26.0 Å². The molecule has 0 saturated carbocycles. The third kappa shape index (κ3) is 4.01. The van der Waals surface area contributed by atoms with E-state index in [-0.39, 0.29) is 0 Å². The molecule has 1 aromatic carbocycles. The number of hydrogen-bond acceptors (Lipinski definition) is 3. The first-order valence-electron chi connectivity index (χ1n) is 6.68. The topological polar surface area (TPSA) is 21.3 Å². The molecule has 0 radical (unpaired) electrons. The quantitative estimate of drug-likeness (QED) is 0.854. The molecule has 100 valence electrons. The molecule has 1 aliphatic heterocycles. The van der Waals surface area contributed by atoms with Crippen LogP contribution in [0.4, 0.5) is 0 Å². The molecular weight excluding hydrogens is 242 g/mol. The monoisotopic (exact) mass is 265 g/mol. The number of benzene rings is 1. The second-order valence-corrected chi connectivity index (χ2v) is 6.05. The summed E-state index contributed by atoms with van der Waals surface area (Å²) in [4.78, 5) is 0. The predicted molar refractivity (Wildman–Crippen MR) is 79.1 cm³/mol. The first kappa shape index (κ1) is 13.9. The van der Waals surface area contributed by atoms with Gasteiger partial charge in [0.25, 0.3) is 0 Å². The van der Waals surface area contributed by atoms with Crippen molar-refractivity contribution in [1.29, 1.82) is 0 Å². The fraction of sp³-hybridized carbons (Fsp3) is 0.600. The maximum atomic E-state index is 5.47. The van der Waals surface area contributed by atoms with Gasteiger partial charge < -0.3 is 10.1 Å². The first-order chi connectivity index (χ1) is 8.79. The van der Waals surface area contributed by atoms with Crippen LogP contribution in [0.25, 0.3) is 0 Å². The van der Waals surface area contributed by atoms with Crippen LogP contribution in [0.3, 0.4) is 0 Å². The standard InChI is InChI=1S/C15H23NOS/c1-12-4-3-5-13(8-12)10-18-11-15(16-2)14-6-7-17-9-14/h3-5,8,14-16H,6-7,9-11H2,1-2H3. The minimum absolute atomic E-state index is 0.585. The number of aryl methyl sites for hydroxylation is 1. The number of hydrogen-bond donors (Lipinski definition) is 1. The zero-order valence-electron chi connectivity index (χ0n) is 11.3. The van der Waals surface area contributed by atoms with Crippen LogP contribution in [0.15, 0.2) is 24.3 Å². The lowest BCUT2D eigenvalue weighted by molar-refractivity contribution is 0.180. The van der Waals surface area contributed by atoms with Crippen molar-refractivity contribution >= 4 is 11.8 Å². The van der Waals surface area contributed by atoms with Crippen LogP contribution in [-0.2, 0) is 10.5 Å². The van der Waals surface area contributed by atoms with Crippen LogP contribution in [0.5, 0.6) is 0 Å². The number of thioether (sulfide) groups is 1. The molecule has 2 atom stereocenters. The summed E-state index contributed by atoms with van der Waals surface area (Å²) in [6, 6.07) is 9.38. The van der Waals surface area contributed by atoms with Crippen molar-refractivity contribution in [2.45, 2.75) is 25.1 Å². The van der Waals surface area contributed by atoms with E-state index in [1.807, 2.05) is 11.8 Å². The third-order valence-electron chi connectivity index (χ3n) is 3.55. The van der Waals surface area contributed by atoms with Gasteiger partial charge in [-0.1, -0.05) is 29.8 Å². The Balaban J connectivity index is 1.76. The highest BCUT2D eigenvalue weighted by Crippen LogP contribution is 2.21. The summed E-state index contributed by atoms with van der Waals surface area (Å²) in [5.74, 6) is 2.96. The summed E-state index contributed by atoms with van der Waals surface area (Å²) in [6.45, 7) is 4.02. The van der Waals surface area contributed by atoms with E-state index in [4.69, 9.17) is 4.74 Å². The van der Waals surface area contributed by atoms with Gasteiger partial charge in [0.05, 0.1) is 6.61 Å². The summed E-state index contributed by atoms with van der Waals surface area (Å²) >= 11 is 2.02. The van der Waals surface area contributed by atoms with E-state index in [1.165, 1.54) is 23.3 Å². The highest BCUT2D eigenvalue weighted by Gasteiger charge is 2.24. The van der Waals surface area contributed by atoms with E-state index in [0.717, 1.165) is 19.0 Å². The average molecular weight is 265 g/mol. The predicted octanol–water partition coefficient (Wildman–Crippen LogP) is 2.85. The Morgan fingerprint density at radius 1 is 1.50 bits per heavy atom. The number of nitrogens with one attached hydrogen (secondary N) is 1. The van der Waals surface area contributed by atoms with Crippen LogP contribution in [0.2, 0.25) is 0 Å². The first-order valence-corrected chi connectivity index (χ1v) is 7.83. The van der Waals surface area contributed by atoms with Gasteiger partial charge in [0, 0.05) is 30.1 Å². The molecule has 1 fully saturated rings. The maximum Gasteiger partial charge on any atom is 0.0510 e. The largest absolute Gasteiger partial charge is 0.381 e. The van der Waals surface area contributed by atoms with Crippen LogP contribution < -0.4 is 5.32 Å². The SMILES string of the molecule is CNC(CSCc1cccc(C)c1)C1CCOC1. The molecule has 1 aliphatic rings. The molecule has 0 spiro atoms. The molecule has 1 heterocycles. The Morgan fingerprint density at radius 2 is 2.39 bits per heavy atom. The van der Waals surface area contributed by atoms with Gasteiger partial charge in [-0.3, -0.25) is 0 Å². The van der Waals surface area contributed by atoms with E-state index < -0.39 is 0 Å². The molecule has 2 nitrogen and oxygen atoms in total. The Labute approximate surface area is 114 Å². The molecule has 0 aliphatic carbocycles. The lowest BCUT2D eigenvalue weighted by atomic mass is 10.0. The van der Waals surface area contributed by atoms with Gasteiger partial charge in [0.15, 0.2) is 0 Å². The Hall–Kier alpha value is -0.510. The summed E-state index contributed by atoms with van der Waals surface area (Å²) < 4.78 is 5.47. The summed E-state index contributed by atoms with van der Waals surface area (Å²) in [5.41, 5.74) is 2.78. The summed E-state index contributed by atoms with van der Waals surface area (Å²) in [7, 11) is 2.07. The van der Waals surface area contributed by atoms with Gasteiger partial charge in [0.2, 0.25) is 0 Å². The fourth-order valence-corrected chi connectivity index (χ4v) is 3.66. The van der Waals surface area contributed by atoms with E-state index in [1.54, 1.807) is 0 Å². The molecule has 1 saturated heterocycles. The molecule has 1 aromatic rings. The minimum atomic E-state index is 0.585. The van der Waals surface area contributed by atoms with Gasteiger partial charge in [-0.2, -0.15) is 11.8 Å². The summed E-state index contributed by atoms with van der Waals surface area (Å²) in [6.07, 6.45) is 1.20. The van der Waals surface area contributed by atoms with Crippen LogP contribution >= 0.6 is 11.8 Å². The van der Waals surface area contributed by atoms with Crippen LogP contribution in [0.1, 0.15) is 17.5 Å². The number of ether oxygens (including phenoxy) is 1. The van der Waals surface area contributed by atoms with Crippen LogP contribution in [-0.4, -0.2) is 32.1 Å². The zero-order valence-corrected chi connectivity index (χ0v) is 12.1. The van der Waals surface area contributed by atoms with Crippen molar-refractivity contribution in [2.24, 2.45) is 5.92 Å². The van der Waals surface area contributed by atoms with E-state index in [0.29, 0.717) is 12.0 Å². The Kier molecular flexibility index (Phi) is 5.54. The third-order valence-corrected chi connectivity index (χ3v) is 4.69. The molecule has 0 bridgehead atoms. The van der Waals surface area contributed by atoms with E-state index in [9.17, 15) is 0 Å². The lowest BCUT2D eigenvalue weighted by Crippen LogP contribution is -2.36. The van der Waals surface area contributed by atoms with Crippen molar-refractivity contribution in [3.63, 3.8) is 0 Å².